The third-order valence-corrected chi connectivity index (χ3v) is 4.80. The molecule has 1 atom stereocenters. The van der Waals surface area contributed by atoms with Crippen LogP contribution in [-0.2, 0) is 11.2 Å². The number of aromatic amines is 1. The van der Waals surface area contributed by atoms with Gasteiger partial charge in [0.05, 0.1) is 0 Å². The van der Waals surface area contributed by atoms with Gasteiger partial charge in [-0.1, -0.05) is 6.07 Å². The lowest BCUT2D eigenvalue weighted by atomic mass is 9.94. The van der Waals surface area contributed by atoms with Crippen molar-refractivity contribution in [1.29, 1.82) is 0 Å². The van der Waals surface area contributed by atoms with Gasteiger partial charge in [-0.2, -0.15) is 5.10 Å². The molecule has 2 aromatic rings. The zero-order chi connectivity index (χ0) is 16.4. The molecule has 1 N–H and O–H groups in total. The number of hydrogen-bond acceptors (Lipinski definition) is 4. The average molecular weight is 327 g/mol. The maximum absolute atomic E-state index is 12.6. The number of H-pyrrole nitrogens is 1. The molecule has 3 heterocycles. The molecular formula is C18H21N3O3. The molecule has 2 aliphatic rings. The number of nitrogens with one attached hydrogen (secondary N) is 1. The van der Waals surface area contributed by atoms with Crippen LogP contribution in [0.15, 0.2) is 30.5 Å². The van der Waals surface area contributed by atoms with Gasteiger partial charge in [0.2, 0.25) is 12.7 Å². The Morgan fingerprint density at radius 3 is 3.08 bits per heavy atom. The molecule has 1 aromatic heterocycles. The average Bonchev–Trinajstić information content (AvgIpc) is 3.30. The van der Waals surface area contributed by atoms with E-state index in [-0.39, 0.29) is 12.7 Å². The minimum Gasteiger partial charge on any atom is -0.454 e. The summed E-state index contributed by atoms with van der Waals surface area (Å²) >= 11 is 0. The van der Waals surface area contributed by atoms with Crippen LogP contribution < -0.4 is 9.47 Å². The molecule has 126 valence electrons. The highest BCUT2D eigenvalue weighted by Gasteiger charge is 2.25. The van der Waals surface area contributed by atoms with E-state index >= 15 is 0 Å². The maximum Gasteiger partial charge on any atom is 0.231 e. The van der Waals surface area contributed by atoms with E-state index in [1.807, 2.05) is 29.2 Å². The van der Waals surface area contributed by atoms with Gasteiger partial charge in [0.25, 0.3) is 0 Å². The summed E-state index contributed by atoms with van der Waals surface area (Å²) in [4.78, 5) is 14.6. The van der Waals surface area contributed by atoms with Gasteiger partial charge < -0.3 is 14.4 Å². The molecule has 2 aliphatic heterocycles. The number of carbonyl (C=O) groups excluding carboxylic acids is 1. The number of rotatable bonds is 4. The van der Waals surface area contributed by atoms with Crippen LogP contribution in [-0.4, -0.2) is 40.9 Å². The number of aryl methyl sites for hydroxylation is 1. The number of likely N-dealkylation sites (tertiary alicyclic amines) is 1. The third kappa shape index (κ3) is 3.09. The van der Waals surface area contributed by atoms with Gasteiger partial charge in [0, 0.05) is 37.3 Å². The van der Waals surface area contributed by atoms with E-state index in [9.17, 15) is 4.79 Å². The summed E-state index contributed by atoms with van der Waals surface area (Å²) in [6.45, 7) is 1.91. The molecule has 1 aromatic carbocycles. The van der Waals surface area contributed by atoms with Crippen molar-refractivity contribution in [1.82, 2.24) is 15.1 Å². The minimum absolute atomic E-state index is 0.219. The summed E-state index contributed by atoms with van der Waals surface area (Å²) in [5.74, 6) is 2.15. The number of piperidine rings is 1. The lowest BCUT2D eigenvalue weighted by Crippen LogP contribution is -2.39. The molecule has 6 heteroatoms. The van der Waals surface area contributed by atoms with Crippen LogP contribution in [0.2, 0.25) is 0 Å². The van der Waals surface area contributed by atoms with Crippen molar-refractivity contribution in [2.24, 2.45) is 0 Å². The summed E-state index contributed by atoms with van der Waals surface area (Å²) in [6, 6.07) is 7.90. The topological polar surface area (TPSA) is 67.5 Å². The summed E-state index contributed by atoms with van der Waals surface area (Å²) in [7, 11) is 0. The Kier molecular flexibility index (Phi) is 4.11. The zero-order valence-corrected chi connectivity index (χ0v) is 13.5. The van der Waals surface area contributed by atoms with Crippen molar-refractivity contribution in [3.63, 3.8) is 0 Å². The first-order valence-electron chi connectivity index (χ1n) is 8.45. The minimum atomic E-state index is 0.219. The van der Waals surface area contributed by atoms with Crippen LogP contribution in [0.1, 0.15) is 36.4 Å². The quantitative estimate of drug-likeness (QED) is 0.937. The van der Waals surface area contributed by atoms with Crippen LogP contribution in [0.4, 0.5) is 0 Å². The standard InChI is InChI=1S/C18H21N3O3/c22-18(6-4-13-3-5-16-17(10-13)24-12-23-16)21-9-1-2-14(11-21)15-7-8-19-20-15/h3,5,7-8,10,14H,1-2,4,6,9,11-12H2,(H,19,20)/t14-/m1/s1. The number of fused-ring (bicyclic) bond motifs is 1. The third-order valence-electron chi connectivity index (χ3n) is 4.80. The second-order valence-electron chi connectivity index (χ2n) is 6.38. The fraction of sp³-hybridized carbons (Fsp3) is 0.444. The first kappa shape index (κ1) is 15.1. The van der Waals surface area contributed by atoms with E-state index in [2.05, 4.69) is 10.2 Å². The van der Waals surface area contributed by atoms with E-state index in [1.54, 1.807) is 6.20 Å². The SMILES string of the molecule is O=C(CCc1ccc2c(c1)OCO2)N1CCC[C@@H](c2ccn[nH]2)C1. The first-order valence-corrected chi connectivity index (χ1v) is 8.45. The van der Waals surface area contributed by atoms with Crippen LogP contribution in [0, 0.1) is 0 Å². The number of amides is 1. The molecule has 24 heavy (non-hydrogen) atoms. The van der Waals surface area contributed by atoms with Crippen molar-refractivity contribution in [3.05, 3.63) is 41.7 Å². The van der Waals surface area contributed by atoms with Gasteiger partial charge in [-0.15, -0.1) is 0 Å². The van der Waals surface area contributed by atoms with Crippen LogP contribution in [0.25, 0.3) is 0 Å². The fourth-order valence-corrected chi connectivity index (χ4v) is 3.46. The van der Waals surface area contributed by atoms with E-state index in [4.69, 9.17) is 9.47 Å². The summed E-state index contributed by atoms with van der Waals surface area (Å²) in [5, 5.41) is 7.06. The van der Waals surface area contributed by atoms with Crippen LogP contribution in [0.5, 0.6) is 11.5 Å². The number of benzene rings is 1. The van der Waals surface area contributed by atoms with Gasteiger partial charge >= 0.3 is 0 Å². The second kappa shape index (κ2) is 6.55. The summed E-state index contributed by atoms with van der Waals surface area (Å²) in [5.41, 5.74) is 2.23. The molecule has 0 saturated carbocycles. The number of nitrogens with zero attached hydrogens (tertiary/aromatic N) is 2. The number of ether oxygens (including phenoxy) is 2. The molecule has 1 fully saturated rings. The Balaban J connectivity index is 1.34. The summed E-state index contributed by atoms with van der Waals surface area (Å²) in [6.07, 6.45) is 5.17. The van der Waals surface area contributed by atoms with Crippen molar-refractivity contribution in [3.8, 4) is 11.5 Å². The highest BCUT2D eigenvalue weighted by atomic mass is 16.7. The second-order valence-corrected chi connectivity index (χ2v) is 6.38. The normalized spacial score (nSPS) is 19.5. The number of aromatic nitrogens is 2. The van der Waals surface area contributed by atoms with Crippen molar-refractivity contribution < 1.29 is 14.3 Å². The first-order chi connectivity index (χ1) is 11.8. The highest BCUT2D eigenvalue weighted by Crippen LogP contribution is 2.33. The monoisotopic (exact) mass is 327 g/mol. The van der Waals surface area contributed by atoms with Gasteiger partial charge in [0.1, 0.15) is 0 Å². The Labute approximate surface area is 140 Å². The molecule has 4 rings (SSSR count). The molecule has 0 unspecified atom stereocenters. The van der Waals surface area contributed by atoms with E-state index in [1.165, 1.54) is 0 Å². The smallest absolute Gasteiger partial charge is 0.231 e. The largest absolute Gasteiger partial charge is 0.454 e. The van der Waals surface area contributed by atoms with Crippen LogP contribution >= 0.6 is 0 Å². The van der Waals surface area contributed by atoms with Gasteiger partial charge in [0.15, 0.2) is 11.5 Å². The van der Waals surface area contributed by atoms with Gasteiger partial charge in [-0.3, -0.25) is 9.89 Å². The van der Waals surface area contributed by atoms with E-state index < -0.39 is 0 Å². The van der Waals surface area contributed by atoms with Crippen molar-refractivity contribution in [2.75, 3.05) is 19.9 Å². The molecule has 1 saturated heterocycles. The molecule has 0 spiro atoms. The molecule has 0 aliphatic carbocycles. The van der Waals surface area contributed by atoms with E-state index in [0.717, 1.165) is 55.1 Å². The highest BCUT2D eigenvalue weighted by molar-refractivity contribution is 5.76. The van der Waals surface area contributed by atoms with Crippen molar-refractivity contribution in [2.45, 2.75) is 31.6 Å². The van der Waals surface area contributed by atoms with Crippen LogP contribution in [0.3, 0.4) is 0 Å². The molecule has 6 nitrogen and oxygen atoms in total. The zero-order valence-electron chi connectivity index (χ0n) is 13.5. The molecule has 0 bridgehead atoms. The predicted molar refractivity (Wildman–Crippen MR) is 88.0 cm³/mol. The molecule has 0 radical (unpaired) electrons. The Morgan fingerprint density at radius 2 is 2.21 bits per heavy atom. The lowest BCUT2D eigenvalue weighted by molar-refractivity contribution is -0.132. The predicted octanol–water partition coefficient (Wildman–Crippen LogP) is 2.48. The number of carbonyl (C=O) groups is 1. The van der Waals surface area contributed by atoms with Gasteiger partial charge in [-0.25, -0.2) is 0 Å². The lowest BCUT2D eigenvalue weighted by Gasteiger charge is -2.32. The van der Waals surface area contributed by atoms with E-state index in [0.29, 0.717) is 12.3 Å². The van der Waals surface area contributed by atoms with Gasteiger partial charge in [-0.05, 0) is 43.0 Å². The molecular weight excluding hydrogens is 306 g/mol. The molecule has 1 amide bonds. The Morgan fingerprint density at radius 1 is 1.29 bits per heavy atom. The number of hydrogen-bond donors (Lipinski definition) is 1. The fourth-order valence-electron chi connectivity index (χ4n) is 3.46. The maximum atomic E-state index is 12.6. The Hall–Kier alpha value is -2.50. The Bertz CT molecular complexity index is 714. The van der Waals surface area contributed by atoms with Crippen molar-refractivity contribution >= 4 is 5.91 Å². The summed E-state index contributed by atoms with van der Waals surface area (Å²) < 4.78 is 10.7.